The predicted molar refractivity (Wildman–Crippen MR) is 80.1 cm³/mol. The van der Waals surface area contributed by atoms with E-state index in [1.165, 1.54) is 0 Å². The number of hydrogen-bond acceptors (Lipinski definition) is 4. The minimum atomic E-state index is -0.300. The fraction of sp³-hybridized carbons (Fsp3) is 0.400. The van der Waals surface area contributed by atoms with Crippen LogP contribution in [0.2, 0.25) is 0 Å². The molecule has 0 saturated heterocycles. The highest BCUT2D eigenvalue weighted by molar-refractivity contribution is 5.91. The van der Waals surface area contributed by atoms with Gasteiger partial charge in [-0.2, -0.15) is 0 Å². The lowest BCUT2D eigenvalue weighted by Gasteiger charge is -2.37. The first-order chi connectivity index (χ1) is 10.1. The Bertz CT molecular complexity index is 642. The van der Waals surface area contributed by atoms with E-state index >= 15 is 0 Å². The zero-order valence-corrected chi connectivity index (χ0v) is 12.0. The van der Waals surface area contributed by atoms with Crippen molar-refractivity contribution in [3.63, 3.8) is 0 Å². The molecule has 6 nitrogen and oxygen atoms in total. The molecule has 1 amide bonds. The number of pyridine rings is 1. The lowest BCUT2D eigenvalue weighted by Crippen LogP contribution is -2.48. The molecule has 21 heavy (non-hydrogen) atoms. The van der Waals surface area contributed by atoms with Gasteiger partial charge in [-0.1, -0.05) is 0 Å². The monoisotopic (exact) mass is 285 g/mol. The maximum Gasteiger partial charge on any atom is 0.226 e. The van der Waals surface area contributed by atoms with E-state index in [2.05, 4.69) is 15.3 Å². The van der Waals surface area contributed by atoms with Gasteiger partial charge in [0.1, 0.15) is 11.6 Å². The van der Waals surface area contributed by atoms with E-state index in [1.54, 1.807) is 12.4 Å². The van der Waals surface area contributed by atoms with Crippen LogP contribution in [0.5, 0.6) is 0 Å². The van der Waals surface area contributed by atoms with Crippen molar-refractivity contribution < 1.29 is 4.79 Å². The number of imidazole rings is 1. The van der Waals surface area contributed by atoms with Crippen LogP contribution in [-0.2, 0) is 4.79 Å². The first-order valence-corrected chi connectivity index (χ1v) is 7.11. The van der Waals surface area contributed by atoms with Crippen LogP contribution in [0.15, 0.2) is 30.7 Å². The van der Waals surface area contributed by atoms with Crippen molar-refractivity contribution in [2.75, 3.05) is 5.32 Å². The molecule has 2 aromatic rings. The van der Waals surface area contributed by atoms with Gasteiger partial charge in [-0.15, -0.1) is 0 Å². The van der Waals surface area contributed by atoms with Crippen molar-refractivity contribution in [1.82, 2.24) is 14.5 Å². The molecule has 0 atom stereocenters. The molecule has 1 saturated carbocycles. The van der Waals surface area contributed by atoms with Crippen LogP contribution in [0.25, 0.3) is 5.82 Å². The number of carbonyl (C=O) groups is 1. The van der Waals surface area contributed by atoms with Gasteiger partial charge >= 0.3 is 0 Å². The quantitative estimate of drug-likeness (QED) is 0.896. The molecule has 0 bridgehead atoms. The third kappa shape index (κ3) is 2.95. The van der Waals surface area contributed by atoms with Gasteiger partial charge in [0.15, 0.2) is 0 Å². The smallest absolute Gasteiger partial charge is 0.226 e. The largest absolute Gasteiger partial charge is 0.325 e. The van der Waals surface area contributed by atoms with Crippen LogP contribution in [0.1, 0.15) is 31.5 Å². The molecule has 1 aliphatic rings. The molecular weight excluding hydrogens is 266 g/mol. The second-order valence-electron chi connectivity index (χ2n) is 5.69. The average molecular weight is 285 g/mol. The number of nitrogens with zero attached hydrogens (tertiary/aromatic N) is 3. The Hall–Kier alpha value is -2.21. The molecule has 2 heterocycles. The molecule has 1 aliphatic carbocycles. The van der Waals surface area contributed by atoms with E-state index in [-0.39, 0.29) is 11.4 Å². The van der Waals surface area contributed by atoms with E-state index in [4.69, 9.17) is 5.73 Å². The van der Waals surface area contributed by atoms with E-state index in [1.807, 2.05) is 29.8 Å². The number of nitrogens with one attached hydrogen (secondary N) is 1. The van der Waals surface area contributed by atoms with Gasteiger partial charge < -0.3 is 11.1 Å². The summed E-state index contributed by atoms with van der Waals surface area (Å²) in [6.07, 6.45) is 8.57. The Labute approximate surface area is 123 Å². The average Bonchev–Trinajstić information content (AvgIpc) is 2.84. The van der Waals surface area contributed by atoms with Crippen LogP contribution in [-0.4, -0.2) is 26.0 Å². The van der Waals surface area contributed by atoms with E-state index < -0.39 is 0 Å². The Kier molecular flexibility index (Phi) is 3.47. The Morgan fingerprint density at radius 3 is 2.76 bits per heavy atom. The number of amides is 1. The minimum absolute atomic E-state index is 0.0504. The molecule has 0 aliphatic heterocycles. The maximum atomic E-state index is 12.0. The second-order valence-corrected chi connectivity index (χ2v) is 5.69. The lowest BCUT2D eigenvalue weighted by atomic mass is 9.75. The summed E-state index contributed by atoms with van der Waals surface area (Å²) >= 11 is 0. The minimum Gasteiger partial charge on any atom is -0.325 e. The first kappa shape index (κ1) is 13.8. The van der Waals surface area contributed by atoms with E-state index in [0.29, 0.717) is 12.1 Å². The molecule has 0 unspecified atom stereocenters. The zero-order chi connectivity index (χ0) is 14.9. The summed E-state index contributed by atoms with van der Waals surface area (Å²) in [5, 5.41) is 2.85. The third-order valence-electron chi connectivity index (χ3n) is 3.97. The molecular formula is C15H19N5O. The maximum absolute atomic E-state index is 12.0. The Balaban J connectivity index is 1.64. The van der Waals surface area contributed by atoms with Crippen molar-refractivity contribution in [2.45, 2.75) is 38.1 Å². The molecule has 3 N–H and O–H groups in total. The third-order valence-corrected chi connectivity index (χ3v) is 3.97. The summed E-state index contributed by atoms with van der Waals surface area (Å²) in [5.41, 5.74) is 6.46. The van der Waals surface area contributed by atoms with Gasteiger partial charge in [-0.05, 0) is 38.3 Å². The summed E-state index contributed by atoms with van der Waals surface area (Å²) in [6, 6.07) is 3.69. The molecule has 1 fully saturated rings. The topological polar surface area (TPSA) is 85.8 Å². The van der Waals surface area contributed by atoms with Crippen molar-refractivity contribution in [3.05, 3.63) is 36.5 Å². The number of hydrogen-bond donors (Lipinski definition) is 2. The highest BCUT2D eigenvalue weighted by Crippen LogP contribution is 2.32. The number of aryl methyl sites for hydroxylation is 1. The van der Waals surface area contributed by atoms with Gasteiger partial charge in [0, 0.05) is 24.4 Å². The van der Waals surface area contributed by atoms with Gasteiger partial charge in [0.25, 0.3) is 0 Å². The number of carbonyl (C=O) groups excluding carboxylic acids is 1. The van der Waals surface area contributed by atoms with Crippen molar-refractivity contribution in [2.24, 2.45) is 5.73 Å². The standard InChI is InChI=1S/C15H19N5O/c1-11-17-7-8-20(11)13-4-3-12(10-18-13)19-14(21)9-15(16)5-2-6-15/h3-4,7-8,10H,2,5-6,9,16H2,1H3,(H,19,21). The lowest BCUT2D eigenvalue weighted by molar-refractivity contribution is -0.118. The Morgan fingerprint density at radius 2 is 2.24 bits per heavy atom. The SMILES string of the molecule is Cc1nccn1-c1ccc(NC(=O)CC2(N)CCC2)cn1. The number of rotatable bonds is 4. The molecule has 0 aromatic carbocycles. The molecule has 2 aromatic heterocycles. The van der Waals surface area contributed by atoms with Crippen molar-refractivity contribution >= 4 is 11.6 Å². The molecule has 0 spiro atoms. The highest BCUT2D eigenvalue weighted by atomic mass is 16.1. The molecule has 0 radical (unpaired) electrons. The normalized spacial score (nSPS) is 16.3. The fourth-order valence-electron chi connectivity index (χ4n) is 2.56. The predicted octanol–water partition coefficient (Wildman–Crippen LogP) is 1.79. The first-order valence-electron chi connectivity index (χ1n) is 7.11. The van der Waals surface area contributed by atoms with Crippen LogP contribution >= 0.6 is 0 Å². The van der Waals surface area contributed by atoms with Gasteiger partial charge in [0.05, 0.1) is 11.9 Å². The van der Waals surface area contributed by atoms with Gasteiger partial charge in [-0.25, -0.2) is 9.97 Å². The zero-order valence-electron chi connectivity index (χ0n) is 12.0. The summed E-state index contributed by atoms with van der Waals surface area (Å²) in [6.45, 7) is 1.91. The summed E-state index contributed by atoms with van der Waals surface area (Å²) in [7, 11) is 0. The number of anilines is 1. The van der Waals surface area contributed by atoms with Gasteiger partial charge in [0.2, 0.25) is 5.91 Å². The Morgan fingerprint density at radius 1 is 1.43 bits per heavy atom. The fourth-order valence-corrected chi connectivity index (χ4v) is 2.56. The van der Waals surface area contributed by atoms with Crippen molar-refractivity contribution in [3.8, 4) is 5.82 Å². The van der Waals surface area contributed by atoms with Gasteiger partial charge in [-0.3, -0.25) is 9.36 Å². The second kappa shape index (κ2) is 5.29. The number of aromatic nitrogens is 3. The van der Waals surface area contributed by atoms with E-state index in [9.17, 15) is 4.79 Å². The van der Waals surface area contributed by atoms with Crippen LogP contribution in [0.3, 0.4) is 0 Å². The van der Waals surface area contributed by atoms with Crippen molar-refractivity contribution in [1.29, 1.82) is 0 Å². The summed E-state index contributed by atoms with van der Waals surface area (Å²) in [5.74, 6) is 1.59. The highest BCUT2D eigenvalue weighted by Gasteiger charge is 2.34. The number of nitrogens with two attached hydrogens (primary N) is 1. The van der Waals surface area contributed by atoms with E-state index in [0.717, 1.165) is 30.9 Å². The van der Waals surface area contributed by atoms with Crippen LogP contribution < -0.4 is 11.1 Å². The van der Waals surface area contributed by atoms with Crippen LogP contribution in [0, 0.1) is 6.92 Å². The molecule has 110 valence electrons. The van der Waals surface area contributed by atoms with Crippen LogP contribution in [0.4, 0.5) is 5.69 Å². The summed E-state index contributed by atoms with van der Waals surface area (Å²) < 4.78 is 1.88. The molecule has 3 rings (SSSR count). The molecule has 6 heteroatoms. The summed E-state index contributed by atoms with van der Waals surface area (Å²) in [4.78, 5) is 20.5.